The van der Waals surface area contributed by atoms with Gasteiger partial charge in [0.15, 0.2) is 4.80 Å². The topological polar surface area (TPSA) is 30.2 Å². The van der Waals surface area contributed by atoms with Crippen LogP contribution in [0.5, 0.6) is 0 Å². The molecule has 0 saturated heterocycles. The summed E-state index contributed by atoms with van der Waals surface area (Å²) in [6.45, 7) is 0. The molecule has 0 N–H and O–H groups in total. The summed E-state index contributed by atoms with van der Waals surface area (Å²) in [4.78, 5) is 10.2. The fourth-order valence-corrected chi connectivity index (χ4v) is 5.54. The standard InChI is InChI=1S/C24H20BrN3S/c25-21-12-4-3-11-20(21)23-16-29-24(27-18-9-6-14-26-15-18)28(23)22-13-5-8-17-7-1-2-10-19(17)22/h1-4,6-7,9-12,14-16,22H,5,8,13H2. The molecule has 2 aromatic carbocycles. The predicted octanol–water partition coefficient (Wildman–Crippen LogP) is 6.53. The third kappa shape index (κ3) is 3.61. The van der Waals surface area contributed by atoms with E-state index in [9.17, 15) is 0 Å². The predicted molar refractivity (Wildman–Crippen MR) is 122 cm³/mol. The molecular formula is C24H20BrN3S. The second-order valence-corrected chi connectivity index (χ2v) is 8.87. The Morgan fingerprint density at radius 2 is 1.90 bits per heavy atom. The molecule has 0 spiro atoms. The average molecular weight is 462 g/mol. The molecule has 0 bridgehead atoms. The fourth-order valence-electron chi connectivity index (χ4n) is 4.10. The van der Waals surface area contributed by atoms with Crippen molar-refractivity contribution in [1.82, 2.24) is 9.55 Å². The van der Waals surface area contributed by atoms with E-state index in [0.717, 1.165) is 27.8 Å². The molecule has 0 aliphatic heterocycles. The molecule has 1 atom stereocenters. The minimum absolute atomic E-state index is 0.281. The van der Waals surface area contributed by atoms with E-state index in [-0.39, 0.29) is 6.04 Å². The van der Waals surface area contributed by atoms with Crippen LogP contribution in [0.4, 0.5) is 5.69 Å². The summed E-state index contributed by atoms with van der Waals surface area (Å²) in [5.41, 5.74) is 6.14. The largest absolute Gasteiger partial charge is 0.309 e. The number of hydrogen-bond acceptors (Lipinski definition) is 3. The van der Waals surface area contributed by atoms with Gasteiger partial charge in [0.05, 0.1) is 23.6 Å². The maximum absolute atomic E-state index is 4.97. The van der Waals surface area contributed by atoms with E-state index in [4.69, 9.17) is 4.99 Å². The summed E-state index contributed by atoms with van der Waals surface area (Å²) >= 11 is 5.44. The number of aryl methyl sites for hydroxylation is 1. The molecule has 2 heterocycles. The summed E-state index contributed by atoms with van der Waals surface area (Å²) in [6.07, 6.45) is 7.05. The molecule has 4 aromatic rings. The van der Waals surface area contributed by atoms with Gasteiger partial charge in [0, 0.05) is 21.6 Å². The number of benzene rings is 2. The highest BCUT2D eigenvalue weighted by Gasteiger charge is 2.25. The number of thiazole rings is 1. The van der Waals surface area contributed by atoms with Crippen molar-refractivity contribution >= 4 is 33.0 Å². The van der Waals surface area contributed by atoms with Crippen LogP contribution >= 0.6 is 27.3 Å². The Morgan fingerprint density at radius 1 is 1.03 bits per heavy atom. The lowest BCUT2D eigenvalue weighted by Crippen LogP contribution is -2.26. The third-order valence-corrected chi connectivity index (χ3v) is 6.94. The van der Waals surface area contributed by atoms with Crippen molar-refractivity contribution in [2.75, 3.05) is 0 Å². The van der Waals surface area contributed by atoms with E-state index in [0.29, 0.717) is 0 Å². The number of rotatable bonds is 3. The number of aromatic nitrogens is 2. The first-order valence-electron chi connectivity index (χ1n) is 9.79. The Hall–Kier alpha value is -2.50. The minimum Gasteiger partial charge on any atom is -0.309 e. The smallest absolute Gasteiger partial charge is 0.191 e. The van der Waals surface area contributed by atoms with E-state index < -0.39 is 0 Å². The van der Waals surface area contributed by atoms with Gasteiger partial charge in [0.25, 0.3) is 0 Å². The van der Waals surface area contributed by atoms with Crippen LogP contribution in [-0.4, -0.2) is 9.55 Å². The zero-order valence-electron chi connectivity index (χ0n) is 15.8. The Morgan fingerprint density at radius 3 is 2.76 bits per heavy atom. The van der Waals surface area contributed by atoms with E-state index in [1.54, 1.807) is 17.5 Å². The van der Waals surface area contributed by atoms with Gasteiger partial charge in [-0.05, 0) is 48.6 Å². The summed E-state index contributed by atoms with van der Waals surface area (Å²) in [5.74, 6) is 0. The highest BCUT2D eigenvalue weighted by molar-refractivity contribution is 9.10. The molecule has 0 amide bonds. The van der Waals surface area contributed by atoms with Crippen molar-refractivity contribution in [2.24, 2.45) is 4.99 Å². The zero-order valence-corrected chi connectivity index (χ0v) is 18.2. The van der Waals surface area contributed by atoms with Crippen LogP contribution in [0.2, 0.25) is 0 Å². The van der Waals surface area contributed by atoms with E-state index in [1.807, 2.05) is 18.3 Å². The molecule has 29 heavy (non-hydrogen) atoms. The molecule has 5 heteroatoms. The Kier molecular flexibility index (Phi) is 5.17. The molecule has 0 fully saturated rings. The summed E-state index contributed by atoms with van der Waals surface area (Å²) in [6, 6.07) is 21.5. The van der Waals surface area contributed by atoms with Crippen LogP contribution in [0, 0.1) is 0 Å². The molecule has 144 valence electrons. The van der Waals surface area contributed by atoms with Crippen molar-refractivity contribution in [3.8, 4) is 11.3 Å². The maximum atomic E-state index is 4.97. The van der Waals surface area contributed by atoms with Crippen LogP contribution in [-0.2, 0) is 6.42 Å². The molecule has 2 aromatic heterocycles. The first kappa shape index (κ1) is 18.5. The average Bonchev–Trinajstić information content (AvgIpc) is 3.17. The maximum Gasteiger partial charge on any atom is 0.191 e. The van der Waals surface area contributed by atoms with Gasteiger partial charge in [-0.15, -0.1) is 11.3 Å². The zero-order chi connectivity index (χ0) is 19.6. The third-order valence-electron chi connectivity index (χ3n) is 5.41. The van der Waals surface area contributed by atoms with Crippen molar-refractivity contribution in [2.45, 2.75) is 25.3 Å². The second kappa shape index (κ2) is 8.09. The van der Waals surface area contributed by atoms with E-state index in [1.165, 1.54) is 28.8 Å². The van der Waals surface area contributed by atoms with E-state index >= 15 is 0 Å². The summed E-state index contributed by atoms with van der Waals surface area (Å²) < 4.78 is 3.53. The Labute approximate surface area is 182 Å². The first-order chi connectivity index (χ1) is 14.3. The lowest BCUT2D eigenvalue weighted by atomic mass is 9.87. The van der Waals surface area contributed by atoms with Crippen LogP contribution in [0.25, 0.3) is 11.3 Å². The molecule has 3 nitrogen and oxygen atoms in total. The van der Waals surface area contributed by atoms with Crippen molar-refractivity contribution in [3.63, 3.8) is 0 Å². The van der Waals surface area contributed by atoms with Gasteiger partial charge in [-0.3, -0.25) is 4.98 Å². The lowest BCUT2D eigenvalue weighted by Gasteiger charge is -2.28. The fraction of sp³-hybridized carbons (Fsp3) is 0.167. The van der Waals surface area contributed by atoms with Gasteiger partial charge in [-0.1, -0.05) is 58.4 Å². The number of halogens is 1. The molecule has 0 radical (unpaired) electrons. The lowest BCUT2D eigenvalue weighted by molar-refractivity contribution is 0.485. The molecule has 0 saturated carbocycles. The second-order valence-electron chi connectivity index (χ2n) is 7.18. The molecule has 5 rings (SSSR count). The van der Waals surface area contributed by atoms with Crippen LogP contribution in [0.1, 0.15) is 30.0 Å². The Balaban J connectivity index is 1.76. The number of nitrogens with zero attached hydrogens (tertiary/aromatic N) is 3. The van der Waals surface area contributed by atoms with Gasteiger partial charge in [0.1, 0.15) is 0 Å². The highest BCUT2D eigenvalue weighted by atomic mass is 79.9. The number of pyridine rings is 1. The van der Waals surface area contributed by atoms with Crippen molar-refractivity contribution < 1.29 is 0 Å². The molecular weight excluding hydrogens is 442 g/mol. The first-order valence-corrected chi connectivity index (χ1v) is 11.5. The number of hydrogen-bond donors (Lipinski definition) is 0. The monoisotopic (exact) mass is 461 g/mol. The summed E-state index contributed by atoms with van der Waals surface area (Å²) in [5, 5.41) is 2.23. The molecule has 1 aliphatic rings. The van der Waals surface area contributed by atoms with Crippen LogP contribution in [0.15, 0.2) is 87.9 Å². The van der Waals surface area contributed by atoms with Crippen LogP contribution < -0.4 is 4.80 Å². The minimum atomic E-state index is 0.281. The van der Waals surface area contributed by atoms with Gasteiger partial charge in [-0.2, -0.15) is 0 Å². The molecule has 1 unspecified atom stereocenters. The quantitative estimate of drug-likeness (QED) is 0.340. The van der Waals surface area contributed by atoms with E-state index in [2.05, 4.69) is 79.4 Å². The number of fused-ring (bicyclic) bond motifs is 1. The van der Waals surface area contributed by atoms with Gasteiger partial charge in [-0.25, -0.2) is 4.99 Å². The normalized spacial score (nSPS) is 16.6. The van der Waals surface area contributed by atoms with Gasteiger partial charge < -0.3 is 4.57 Å². The van der Waals surface area contributed by atoms with Gasteiger partial charge >= 0.3 is 0 Å². The van der Waals surface area contributed by atoms with Crippen molar-refractivity contribution in [3.05, 3.63) is 98.8 Å². The Bertz CT molecular complexity index is 1210. The van der Waals surface area contributed by atoms with Crippen molar-refractivity contribution in [1.29, 1.82) is 0 Å². The van der Waals surface area contributed by atoms with Gasteiger partial charge in [0.2, 0.25) is 0 Å². The molecule has 1 aliphatic carbocycles. The SMILES string of the molecule is Brc1ccccc1-c1csc(=Nc2cccnc2)n1C1CCCc2ccccc21. The van der Waals surface area contributed by atoms with Crippen LogP contribution in [0.3, 0.4) is 0 Å². The highest BCUT2D eigenvalue weighted by Crippen LogP contribution is 2.37. The summed E-state index contributed by atoms with van der Waals surface area (Å²) in [7, 11) is 0.